The Morgan fingerprint density at radius 3 is 2.75 bits per heavy atom. The van der Waals surface area contributed by atoms with Gasteiger partial charge in [-0.15, -0.1) is 0 Å². The van der Waals surface area contributed by atoms with E-state index in [4.69, 9.17) is 0 Å². The zero-order chi connectivity index (χ0) is 15.2. The van der Waals surface area contributed by atoms with Crippen LogP contribution in [0, 0.1) is 0 Å². The van der Waals surface area contributed by atoms with Crippen molar-refractivity contribution in [2.45, 2.75) is 30.8 Å². The maximum Gasteiger partial charge on any atom is 0.337 e. The van der Waals surface area contributed by atoms with E-state index >= 15 is 0 Å². The van der Waals surface area contributed by atoms with Gasteiger partial charge >= 0.3 is 5.97 Å². The average Bonchev–Trinajstić information content (AvgIpc) is 2.45. The second-order valence-corrected chi connectivity index (χ2v) is 6.08. The molecule has 0 saturated heterocycles. The molecule has 1 unspecified atom stereocenters. The molecule has 0 fully saturated rings. The molecule has 112 valence electrons. The summed E-state index contributed by atoms with van der Waals surface area (Å²) >= 11 is 0. The monoisotopic (exact) mass is 301 g/mol. The van der Waals surface area contributed by atoms with E-state index < -0.39 is 22.1 Å². The van der Waals surface area contributed by atoms with Crippen LogP contribution in [-0.2, 0) is 14.8 Å². The average molecular weight is 301 g/mol. The van der Waals surface area contributed by atoms with E-state index in [1.807, 2.05) is 6.92 Å². The molecule has 1 rings (SSSR count). The second kappa shape index (κ2) is 7.37. The van der Waals surface area contributed by atoms with Crippen molar-refractivity contribution in [2.24, 2.45) is 0 Å². The molecule has 0 aliphatic heterocycles. The first-order valence-electron chi connectivity index (χ1n) is 6.26. The van der Waals surface area contributed by atoms with Crippen LogP contribution in [0.4, 0.5) is 0 Å². The summed E-state index contributed by atoms with van der Waals surface area (Å²) in [4.78, 5) is 11.3. The van der Waals surface area contributed by atoms with E-state index in [0.29, 0.717) is 6.42 Å². The lowest BCUT2D eigenvalue weighted by Gasteiger charge is -2.11. The first kappa shape index (κ1) is 16.6. The van der Waals surface area contributed by atoms with Crippen LogP contribution in [-0.4, -0.2) is 39.3 Å². The predicted octanol–water partition coefficient (Wildman–Crippen LogP) is 0.912. The summed E-state index contributed by atoms with van der Waals surface area (Å²) in [6.45, 7) is 1.84. The molecule has 0 saturated carbocycles. The van der Waals surface area contributed by atoms with Gasteiger partial charge in [0.25, 0.3) is 0 Å². The number of aliphatic hydroxyl groups excluding tert-OH is 1. The fraction of sp³-hybridized carbons (Fsp3) is 0.462. The minimum Gasteiger partial charge on any atom is -0.465 e. The van der Waals surface area contributed by atoms with Crippen molar-refractivity contribution in [1.29, 1.82) is 0 Å². The van der Waals surface area contributed by atoms with E-state index in [0.717, 1.165) is 6.42 Å². The molecule has 0 aromatic heterocycles. The number of esters is 1. The summed E-state index contributed by atoms with van der Waals surface area (Å²) in [6.07, 6.45) is 0.560. The lowest BCUT2D eigenvalue weighted by Crippen LogP contribution is -2.32. The highest BCUT2D eigenvalue weighted by Crippen LogP contribution is 2.12. The Balaban J connectivity index is 2.85. The van der Waals surface area contributed by atoms with Gasteiger partial charge in [0.15, 0.2) is 0 Å². The van der Waals surface area contributed by atoms with Gasteiger partial charge in [0.05, 0.1) is 23.7 Å². The second-order valence-electron chi connectivity index (χ2n) is 4.31. The number of hydrogen-bond donors (Lipinski definition) is 2. The van der Waals surface area contributed by atoms with Gasteiger partial charge in [-0.2, -0.15) is 0 Å². The zero-order valence-electron chi connectivity index (χ0n) is 11.5. The molecule has 0 heterocycles. The Hall–Kier alpha value is -1.44. The number of nitrogens with one attached hydrogen (secondary N) is 1. The minimum atomic E-state index is -3.76. The maximum absolute atomic E-state index is 12.0. The normalized spacial score (nSPS) is 12.9. The van der Waals surface area contributed by atoms with E-state index in [1.54, 1.807) is 0 Å². The molecule has 0 amide bonds. The van der Waals surface area contributed by atoms with Gasteiger partial charge in [0.1, 0.15) is 0 Å². The van der Waals surface area contributed by atoms with Crippen molar-refractivity contribution in [3.8, 4) is 0 Å². The summed E-state index contributed by atoms with van der Waals surface area (Å²) in [5, 5.41) is 9.54. The molecule has 6 nitrogen and oxygen atoms in total. The highest BCUT2D eigenvalue weighted by atomic mass is 32.2. The third-order valence-electron chi connectivity index (χ3n) is 2.70. The number of methoxy groups -OCH3 is 1. The third-order valence-corrected chi connectivity index (χ3v) is 4.12. The number of aliphatic hydroxyl groups is 1. The van der Waals surface area contributed by atoms with Gasteiger partial charge in [-0.05, 0) is 24.6 Å². The fourth-order valence-electron chi connectivity index (χ4n) is 1.63. The van der Waals surface area contributed by atoms with Crippen LogP contribution in [0.2, 0.25) is 0 Å². The van der Waals surface area contributed by atoms with Crippen LogP contribution in [0.25, 0.3) is 0 Å². The fourth-order valence-corrected chi connectivity index (χ4v) is 2.75. The number of carbonyl (C=O) groups is 1. The largest absolute Gasteiger partial charge is 0.465 e. The van der Waals surface area contributed by atoms with Crippen LogP contribution in [0.1, 0.15) is 30.1 Å². The van der Waals surface area contributed by atoms with Crippen molar-refractivity contribution in [3.05, 3.63) is 29.8 Å². The number of rotatable bonds is 7. The Kier molecular flexibility index (Phi) is 6.12. The molecule has 0 bridgehead atoms. The summed E-state index contributed by atoms with van der Waals surface area (Å²) < 4.78 is 30.9. The molecule has 1 atom stereocenters. The number of hydrogen-bond acceptors (Lipinski definition) is 5. The highest BCUT2D eigenvalue weighted by molar-refractivity contribution is 7.89. The summed E-state index contributed by atoms with van der Waals surface area (Å²) in [5.74, 6) is -0.604. The standard InChI is InChI=1S/C13H19NO5S/c1-3-5-11(15)9-14-20(17,18)12-7-4-6-10(8-12)13(16)19-2/h4,6-8,11,14-15H,3,5,9H2,1-2H3. The summed E-state index contributed by atoms with van der Waals surface area (Å²) in [5.41, 5.74) is 0.157. The zero-order valence-corrected chi connectivity index (χ0v) is 12.3. The van der Waals surface area contributed by atoms with Gasteiger partial charge in [-0.25, -0.2) is 17.9 Å². The number of benzene rings is 1. The van der Waals surface area contributed by atoms with E-state index in [2.05, 4.69) is 9.46 Å². The number of carbonyl (C=O) groups excluding carboxylic acids is 1. The first-order valence-corrected chi connectivity index (χ1v) is 7.75. The lowest BCUT2D eigenvalue weighted by atomic mass is 10.2. The molecule has 1 aromatic carbocycles. The SMILES string of the molecule is CCCC(O)CNS(=O)(=O)c1cccc(C(=O)OC)c1. The van der Waals surface area contributed by atoms with E-state index in [1.165, 1.54) is 31.4 Å². The quantitative estimate of drug-likeness (QED) is 0.730. The molecule has 7 heteroatoms. The predicted molar refractivity (Wildman–Crippen MR) is 73.9 cm³/mol. The molecule has 0 aliphatic rings. The molecule has 0 radical (unpaired) electrons. The Morgan fingerprint density at radius 2 is 2.15 bits per heavy atom. The molecule has 0 spiro atoms. The Morgan fingerprint density at radius 1 is 1.45 bits per heavy atom. The topological polar surface area (TPSA) is 92.7 Å². The van der Waals surface area contributed by atoms with Gasteiger partial charge in [0.2, 0.25) is 10.0 Å². The molecular weight excluding hydrogens is 282 g/mol. The van der Waals surface area contributed by atoms with Crippen molar-refractivity contribution in [1.82, 2.24) is 4.72 Å². The van der Waals surface area contributed by atoms with Crippen molar-refractivity contribution in [3.63, 3.8) is 0 Å². The van der Waals surface area contributed by atoms with Gasteiger partial charge < -0.3 is 9.84 Å². The Bertz CT molecular complexity index is 556. The Labute approximate surface area is 118 Å². The number of ether oxygens (including phenoxy) is 1. The van der Waals surface area contributed by atoms with Crippen LogP contribution in [0.5, 0.6) is 0 Å². The van der Waals surface area contributed by atoms with Crippen LogP contribution >= 0.6 is 0 Å². The van der Waals surface area contributed by atoms with Crippen molar-refractivity contribution in [2.75, 3.05) is 13.7 Å². The lowest BCUT2D eigenvalue weighted by molar-refractivity contribution is 0.0600. The third kappa shape index (κ3) is 4.59. The van der Waals surface area contributed by atoms with E-state index in [-0.39, 0.29) is 17.0 Å². The maximum atomic E-state index is 12.0. The molecular formula is C13H19NO5S. The van der Waals surface area contributed by atoms with Crippen LogP contribution in [0.15, 0.2) is 29.2 Å². The smallest absolute Gasteiger partial charge is 0.337 e. The number of sulfonamides is 1. The van der Waals surface area contributed by atoms with Crippen LogP contribution in [0.3, 0.4) is 0 Å². The summed E-state index contributed by atoms with van der Waals surface area (Å²) in [6, 6.07) is 5.54. The highest BCUT2D eigenvalue weighted by Gasteiger charge is 2.17. The molecule has 2 N–H and O–H groups in total. The van der Waals surface area contributed by atoms with Crippen LogP contribution < -0.4 is 4.72 Å². The van der Waals surface area contributed by atoms with Gasteiger partial charge in [0, 0.05) is 6.54 Å². The minimum absolute atomic E-state index is 0.0379. The molecule has 20 heavy (non-hydrogen) atoms. The molecule has 1 aromatic rings. The van der Waals surface area contributed by atoms with Gasteiger partial charge in [-0.3, -0.25) is 0 Å². The van der Waals surface area contributed by atoms with Crippen molar-refractivity contribution < 1.29 is 23.1 Å². The van der Waals surface area contributed by atoms with Crippen molar-refractivity contribution >= 4 is 16.0 Å². The first-order chi connectivity index (χ1) is 9.40. The summed E-state index contributed by atoms with van der Waals surface area (Å²) in [7, 11) is -2.53. The molecule has 0 aliphatic carbocycles. The van der Waals surface area contributed by atoms with E-state index in [9.17, 15) is 18.3 Å². The van der Waals surface area contributed by atoms with Gasteiger partial charge in [-0.1, -0.05) is 19.4 Å².